The molecule has 3 rings (SSSR count). The molecule has 1 saturated heterocycles. The molecule has 0 amide bonds. The summed E-state index contributed by atoms with van der Waals surface area (Å²) < 4.78 is 11.6. The number of benzene rings is 1. The van der Waals surface area contributed by atoms with Crippen LogP contribution in [0.4, 0.5) is 0 Å². The Balaban J connectivity index is 1.65. The van der Waals surface area contributed by atoms with Crippen LogP contribution in [0.25, 0.3) is 0 Å². The molecule has 1 N–H and O–H groups in total. The Morgan fingerprint density at radius 1 is 1.29 bits per heavy atom. The maximum absolute atomic E-state index is 5.89. The monoisotopic (exact) mass is 290 g/mol. The second-order valence-corrected chi connectivity index (χ2v) is 6.31. The molecule has 0 bridgehead atoms. The summed E-state index contributed by atoms with van der Waals surface area (Å²) >= 11 is 0. The first kappa shape index (κ1) is 14.7. The average molecular weight is 290 g/mol. The lowest BCUT2D eigenvalue weighted by atomic mass is 9.94. The molecule has 0 aromatic heterocycles. The number of nitrogens with zero attached hydrogens (tertiary/aromatic N) is 1. The Morgan fingerprint density at radius 3 is 3.00 bits per heavy atom. The molecule has 116 valence electrons. The lowest BCUT2D eigenvalue weighted by Gasteiger charge is -2.35. The lowest BCUT2D eigenvalue weighted by Crippen LogP contribution is -2.46. The topological polar surface area (TPSA) is 33.7 Å². The van der Waals surface area contributed by atoms with E-state index < -0.39 is 0 Å². The highest BCUT2D eigenvalue weighted by molar-refractivity contribution is 5.47. The summed E-state index contributed by atoms with van der Waals surface area (Å²) in [4.78, 5) is 2.41. The third-order valence-corrected chi connectivity index (χ3v) is 4.52. The fourth-order valence-corrected chi connectivity index (χ4v) is 3.29. The first-order valence-electron chi connectivity index (χ1n) is 8.03. The standard InChI is InChI=1S/C17H26N2O2/c1-13-12-19(2)8-7-15(13)18-11-14-5-3-6-16-17(14)21-10-4-9-20-16/h3,5-6,13,15,18H,4,7-12H2,1-2H3. The maximum atomic E-state index is 5.89. The number of hydrogen-bond donors (Lipinski definition) is 1. The van der Waals surface area contributed by atoms with Crippen LogP contribution in [-0.2, 0) is 6.54 Å². The Morgan fingerprint density at radius 2 is 2.14 bits per heavy atom. The van der Waals surface area contributed by atoms with Crippen LogP contribution < -0.4 is 14.8 Å². The van der Waals surface area contributed by atoms with Gasteiger partial charge in [0.15, 0.2) is 11.5 Å². The number of ether oxygens (including phenoxy) is 2. The smallest absolute Gasteiger partial charge is 0.165 e. The maximum Gasteiger partial charge on any atom is 0.165 e. The van der Waals surface area contributed by atoms with Gasteiger partial charge in [0.1, 0.15) is 0 Å². The Bertz CT molecular complexity index is 478. The first-order chi connectivity index (χ1) is 10.2. The third kappa shape index (κ3) is 3.50. The van der Waals surface area contributed by atoms with E-state index in [9.17, 15) is 0 Å². The Hall–Kier alpha value is -1.26. The summed E-state index contributed by atoms with van der Waals surface area (Å²) in [5.74, 6) is 2.51. The molecule has 0 saturated carbocycles. The summed E-state index contributed by atoms with van der Waals surface area (Å²) in [5, 5.41) is 3.72. The zero-order chi connectivity index (χ0) is 14.7. The highest BCUT2D eigenvalue weighted by Crippen LogP contribution is 2.33. The van der Waals surface area contributed by atoms with Gasteiger partial charge in [0.05, 0.1) is 13.2 Å². The quantitative estimate of drug-likeness (QED) is 0.926. The molecular weight excluding hydrogens is 264 g/mol. The Kier molecular flexibility index (Phi) is 4.66. The van der Waals surface area contributed by atoms with E-state index in [2.05, 4.69) is 36.3 Å². The second kappa shape index (κ2) is 6.67. The van der Waals surface area contributed by atoms with Gasteiger partial charge in [-0.1, -0.05) is 19.1 Å². The van der Waals surface area contributed by atoms with E-state index >= 15 is 0 Å². The number of para-hydroxylation sites is 1. The normalized spacial score (nSPS) is 26.4. The molecule has 2 unspecified atom stereocenters. The molecule has 1 aromatic carbocycles. The number of hydrogen-bond acceptors (Lipinski definition) is 4. The van der Waals surface area contributed by atoms with E-state index in [-0.39, 0.29) is 0 Å². The van der Waals surface area contributed by atoms with E-state index in [0.29, 0.717) is 12.0 Å². The summed E-state index contributed by atoms with van der Waals surface area (Å²) in [6, 6.07) is 6.79. The van der Waals surface area contributed by atoms with Crippen molar-refractivity contribution in [1.82, 2.24) is 10.2 Å². The van der Waals surface area contributed by atoms with Gasteiger partial charge in [-0.05, 0) is 32.0 Å². The predicted octanol–water partition coefficient (Wildman–Crippen LogP) is 2.28. The highest BCUT2D eigenvalue weighted by atomic mass is 16.5. The van der Waals surface area contributed by atoms with Crippen molar-refractivity contribution in [2.24, 2.45) is 5.92 Å². The van der Waals surface area contributed by atoms with Crippen LogP contribution in [0.3, 0.4) is 0 Å². The molecule has 2 aliphatic rings. The summed E-state index contributed by atoms with van der Waals surface area (Å²) in [6.45, 7) is 7.02. The molecule has 4 heteroatoms. The van der Waals surface area contributed by atoms with Gasteiger partial charge >= 0.3 is 0 Å². The SMILES string of the molecule is CC1CN(C)CCC1NCc1cccc2c1OCCCO2. The van der Waals surface area contributed by atoms with Gasteiger partial charge in [0, 0.05) is 31.1 Å². The van der Waals surface area contributed by atoms with Gasteiger partial charge in [-0.15, -0.1) is 0 Å². The van der Waals surface area contributed by atoms with Gasteiger partial charge in [-0.2, -0.15) is 0 Å². The van der Waals surface area contributed by atoms with Gasteiger partial charge in [0.25, 0.3) is 0 Å². The van der Waals surface area contributed by atoms with Crippen LogP contribution in [0.1, 0.15) is 25.3 Å². The molecule has 0 spiro atoms. The molecule has 4 nitrogen and oxygen atoms in total. The van der Waals surface area contributed by atoms with Gasteiger partial charge in [0.2, 0.25) is 0 Å². The first-order valence-corrected chi connectivity index (χ1v) is 8.03. The zero-order valence-corrected chi connectivity index (χ0v) is 13.1. The minimum Gasteiger partial charge on any atom is -0.490 e. The molecule has 1 aromatic rings. The zero-order valence-electron chi connectivity index (χ0n) is 13.1. The van der Waals surface area contributed by atoms with Crippen molar-refractivity contribution in [1.29, 1.82) is 0 Å². The van der Waals surface area contributed by atoms with Crippen molar-refractivity contribution in [2.75, 3.05) is 33.4 Å². The van der Waals surface area contributed by atoms with Crippen LogP contribution in [0.5, 0.6) is 11.5 Å². The van der Waals surface area contributed by atoms with Crippen molar-refractivity contribution in [2.45, 2.75) is 32.4 Å². The molecule has 0 radical (unpaired) electrons. The highest BCUT2D eigenvalue weighted by Gasteiger charge is 2.24. The van der Waals surface area contributed by atoms with Gasteiger partial charge in [-0.3, -0.25) is 0 Å². The molecule has 0 aliphatic carbocycles. The predicted molar refractivity (Wildman–Crippen MR) is 84.0 cm³/mol. The van der Waals surface area contributed by atoms with E-state index in [1.165, 1.54) is 25.1 Å². The summed E-state index contributed by atoms with van der Waals surface area (Å²) in [7, 11) is 2.20. The minimum atomic E-state index is 0.587. The van der Waals surface area contributed by atoms with Crippen molar-refractivity contribution in [3.05, 3.63) is 23.8 Å². The van der Waals surface area contributed by atoms with Crippen LogP contribution >= 0.6 is 0 Å². The van der Waals surface area contributed by atoms with E-state index in [1.54, 1.807) is 0 Å². The molecule has 2 heterocycles. The largest absolute Gasteiger partial charge is 0.490 e. The number of piperidine rings is 1. The third-order valence-electron chi connectivity index (χ3n) is 4.52. The second-order valence-electron chi connectivity index (χ2n) is 6.31. The molecule has 2 atom stereocenters. The van der Waals surface area contributed by atoms with Crippen molar-refractivity contribution in [3.63, 3.8) is 0 Å². The average Bonchev–Trinajstić information content (AvgIpc) is 2.72. The number of likely N-dealkylation sites (tertiary alicyclic amines) is 1. The number of nitrogens with one attached hydrogen (secondary N) is 1. The molecule has 21 heavy (non-hydrogen) atoms. The fraction of sp³-hybridized carbons (Fsp3) is 0.647. The van der Waals surface area contributed by atoms with E-state index in [1.807, 2.05) is 6.07 Å². The number of fused-ring (bicyclic) bond motifs is 1. The van der Waals surface area contributed by atoms with E-state index in [4.69, 9.17) is 9.47 Å². The summed E-state index contributed by atoms with van der Waals surface area (Å²) in [5.41, 5.74) is 1.21. The minimum absolute atomic E-state index is 0.587. The van der Waals surface area contributed by atoms with Crippen LogP contribution in [-0.4, -0.2) is 44.3 Å². The molecular formula is C17H26N2O2. The van der Waals surface area contributed by atoms with Crippen molar-refractivity contribution < 1.29 is 9.47 Å². The van der Waals surface area contributed by atoms with Gasteiger partial charge < -0.3 is 19.7 Å². The van der Waals surface area contributed by atoms with Crippen LogP contribution in [0.15, 0.2) is 18.2 Å². The fourth-order valence-electron chi connectivity index (χ4n) is 3.29. The van der Waals surface area contributed by atoms with Crippen LogP contribution in [0.2, 0.25) is 0 Å². The Labute approximate surface area is 127 Å². The summed E-state index contributed by atoms with van der Waals surface area (Å²) in [6.07, 6.45) is 2.16. The van der Waals surface area contributed by atoms with Crippen molar-refractivity contribution in [3.8, 4) is 11.5 Å². The molecule has 1 fully saturated rings. The molecule has 2 aliphatic heterocycles. The van der Waals surface area contributed by atoms with Gasteiger partial charge in [-0.25, -0.2) is 0 Å². The number of rotatable bonds is 3. The van der Waals surface area contributed by atoms with Crippen LogP contribution in [0, 0.1) is 5.92 Å². The lowest BCUT2D eigenvalue weighted by molar-refractivity contribution is 0.174. The van der Waals surface area contributed by atoms with Crippen molar-refractivity contribution >= 4 is 0 Å². The van der Waals surface area contributed by atoms with E-state index in [0.717, 1.165) is 37.7 Å².